The normalized spacial score (nSPS) is 26.0. The van der Waals surface area contributed by atoms with E-state index in [9.17, 15) is 9.90 Å². The number of aliphatic carboxylic acids is 1. The van der Waals surface area contributed by atoms with Gasteiger partial charge in [-0.15, -0.1) is 0 Å². The van der Waals surface area contributed by atoms with Gasteiger partial charge in [-0.05, 0) is 31.9 Å². The first-order chi connectivity index (χ1) is 12.4. The first kappa shape index (κ1) is 19.3. The van der Waals surface area contributed by atoms with E-state index in [-0.39, 0.29) is 12.0 Å². The average molecular weight is 384 g/mol. The molecule has 0 spiro atoms. The van der Waals surface area contributed by atoms with Crippen LogP contribution in [0.4, 0.5) is 0 Å². The summed E-state index contributed by atoms with van der Waals surface area (Å²) in [6.45, 7) is 6.67. The number of hydrogen-bond acceptors (Lipinski definition) is 5. The van der Waals surface area contributed by atoms with Crippen molar-refractivity contribution in [3.05, 3.63) is 22.7 Å². The monoisotopic (exact) mass is 383 g/mol. The molecule has 3 rings (SSSR count). The topological polar surface area (TPSA) is 68.2 Å². The Bertz CT molecular complexity index is 680. The first-order valence-electron chi connectivity index (χ1n) is 8.92. The zero-order chi connectivity index (χ0) is 18.9. The molecule has 0 bridgehead atoms. The highest BCUT2D eigenvalue weighted by molar-refractivity contribution is 6.31. The lowest BCUT2D eigenvalue weighted by Crippen LogP contribution is -2.44. The van der Waals surface area contributed by atoms with Crippen molar-refractivity contribution in [2.75, 3.05) is 33.4 Å². The number of carbonyl (C=O) groups is 1. The number of ether oxygens (including phenoxy) is 3. The number of fused-ring (bicyclic) bond motifs is 1. The van der Waals surface area contributed by atoms with E-state index in [1.54, 1.807) is 13.2 Å². The molecule has 1 aromatic carbocycles. The number of halogens is 1. The molecule has 0 unspecified atom stereocenters. The molecule has 0 radical (unpaired) electrons. The number of methoxy groups -OCH3 is 1. The number of rotatable bonds is 6. The van der Waals surface area contributed by atoms with Crippen LogP contribution in [0.3, 0.4) is 0 Å². The maximum atomic E-state index is 11.9. The van der Waals surface area contributed by atoms with Gasteiger partial charge < -0.3 is 19.3 Å². The fourth-order valence-corrected chi connectivity index (χ4v) is 4.18. The van der Waals surface area contributed by atoms with Gasteiger partial charge in [0, 0.05) is 43.2 Å². The highest BCUT2D eigenvalue weighted by Gasteiger charge is 2.53. The van der Waals surface area contributed by atoms with E-state index in [1.165, 1.54) is 0 Å². The highest BCUT2D eigenvalue weighted by atomic mass is 35.5. The summed E-state index contributed by atoms with van der Waals surface area (Å²) >= 11 is 6.47. The maximum Gasteiger partial charge on any atom is 0.311 e. The Balaban J connectivity index is 1.80. The van der Waals surface area contributed by atoms with Gasteiger partial charge in [-0.1, -0.05) is 11.6 Å². The summed E-state index contributed by atoms with van der Waals surface area (Å²) in [6, 6.07) is 3.65. The summed E-state index contributed by atoms with van der Waals surface area (Å²) in [4.78, 5) is 14.1. The van der Waals surface area contributed by atoms with Gasteiger partial charge in [0.05, 0.1) is 25.2 Å². The number of carboxylic acid groups (broad SMARTS) is 1. The Morgan fingerprint density at radius 2 is 2.23 bits per heavy atom. The van der Waals surface area contributed by atoms with Crippen molar-refractivity contribution in [2.45, 2.75) is 32.9 Å². The van der Waals surface area contributed by atoms with Crippen molar-refractivity contribution in [1.29, 1.82) is 0 Å². The molecule has 144 valence electrons. The molecular weight excluding hydrogens is 358 g/mol. The predicted molar refractivity (Wildman–Crippen MR) is 98.0 cm³/mol. The molecule has 0 aromatic heterocycles. The molecule has 1 N–H and O–H groups in total. The molecule has 1 aromatic rings. The summed E-state index contributed by atoms with van der Waals surface area (Å²) < 4.78 is 16.7. The van der Waals surface area contributed by atoms with Crippen molar-refractivity contribution in [3.63, 3.8) is 0 Å². The van der Waals surface area contributed by atoms with Gasteiger partial charge in [0.25, 0.3) is 0 Å². The Morgan fingerprint density at radius 1 is 1.46 bits per heavy atom. The van der Waals surface area contributed by atoms with Crippen LogP contribution >= 0.6 is 11.6 Å². The van der Waals surface area contributed by atoms with Crippen molar-refractivity contribution < 1.29 is 24.1 Å². The molecular formula is C19H26ClNO5. The van der Waals surface area contributed by atoms with Crippen LogP contribution in [0.5, 0.6) is 11.5 Å². The molecule has 2 atom stereocenters. The van der Waals surface area contributed by atoms with Gasteiger partial charge in [0.1, 0.15) is 0 Å². The summed E-state index contributed by atoms with van der Waals surface area (Å²) in [5.41, 5.74) is 0.190. The standard InChI is InChI=1S/C19H26ClNO5/c1-12(2)26-17-7-15(20)13(6-16(17)24-3)8-21-9-14-10-25-5-4-19(14,11-21)18(22)23/h6-7,12,14H,4-5,8-11H2,1-3H3,(H,22,23)/t14-,19+/m1/s1. The minimum atomic E-state index is -0.724. The molecule has 7 heteroatoms. The van der Waals surface area contributed by atoms with Crippen LogP contribution in [0, 0.1) is 11.3 Å². The third kappa shape index (κ3) is 3.63. The molecule has 2 fully saturated rings. The fourth-order valence-electron chi connectivity index (χ4n) is 3.97. The van der Waals surface area contributed by atoms with Gasteiger partial charge in [0.15, 0.2) is 11.5 Å². The van der Waals surface area contributed by atoms with E-state index in [2.05, 4.69) is 4.90 Å². The van der Waals surface area contributed by atoms with Crippen LogP contribution in [0.25, 0.3) is 0 Å². The second-order valence-corrected chi connectivity index (χ2v) is 7.82. The summed E-state index contributed by atoms with van der Waals surface area (Å²) in [6.07, 6.45) is 0.574. The number of nitrogens with zero attached hydrogens (tertiary/aromatic N) is 1. The number of hydrogen-bond donors (Lipinski definition) is 1. The highest BCUT2D eigenvalue weighted by Crippen LogP contribution is 2.43. The van der Waals surface area contributed by atoms with Crippen LogP contribution < -0.4 is 9.47 Å². The third-order valence-corrected chi connectivity index (χ3v) is 5.64. The van der Waals surface area contributed by atoms with Gasteiger partial charge in [-0.2, -0.15) is 0 Å². The summed E-state index contributed by atoms with van der Waals surface area (Å²) in [7, 11) is 1.60. The summed E-state index contributed by atoms with van der Waals surface area (Å²) in [5.74, 6) is 0.531. The molecule has 26 heavy (non-hydrogen) atoms. The first-order valence-corrected chi connectivity index (χ1v) is 9.30. The Labute approximate surface area is 159 Å². The lowest BCUT2D eigenvalue weighted by atomic mass is 9.74. The van der Waals surface area contributed by atoms with Crippen molar-refractivity contribution in [3.8, 4) is 11.5 Å². The Hall–Kier alpha value is -1.50. The zero-order valence-corrected chi connectivity index (χ0v) is 16.2. The average Bonchev–Trinajstić information content (AvgIpc) is 2.96. The van der Waals surface area contributed by atoms with E-state index >= 15 is 0 Å². The Kier molecular flexibility index (Phi) is 5.65. The van der Waals surface area contributed by atoms with E-state index < -0.39 is 11.4 Å². The fraction of sp³-hybridized carbons (Fsp3) is 0.632. The predicted octanol–water partition coefficient (Wildman–Crippen LogP) is 3.06. The lowest BCUT2D eigenvalue weighted by Gasteiger charge is -2.34. The van der Waals surface area contributed by atoms with Gasteiger partial charge in [-0.3, -0.25) is 9.69 Å². The van der Waals surface area contributed by atoms with Gasteiger partial charge in [-0.25, -0.2) is 0 Å². The number of benzene rings is 1. The minimum Gasteiger partial charge on any atom is -0.493 e. The molecule has 0 saturated carbocycles. The molecule has 0 amide bonds. The minimum absolute atomic E-state index is 0.0120. The zero-order valence-electron chi connectivity index (χ0n) is 15.5. The molecule has 6 nitrogen and oxygen atoms in total. The molecule has 2 heterocycles. The third-order valence-electron chi connectivity index (χ3n) is 5.29. The van der Waals surface area contributed by atoms with Gasteiger partial charge >= 0.3 is 5.97 Å². The number of likely N-dealkylation sites (tertiary alicyclic amines) is 1. The molecule has 0 aliphatic carbocycles. The number of carboxylic acids is 1. The quantitative estimate of drug-likeness (QED) is 0.814. The van der Waals surface area contributed by atoms with E-state index in [0.29, 0.717) is 55.8 Å². The second kappa shape index (κ2) is 7.62. The van der Waals surface area contributed by atoms with Crippen molar-refractivity contribution in [2.24, 2.45) is 11.3 Å². The smallest absolute Gasteiger partial charge is 0.311 e. The summed E-state index contributed by atoms with van der Waals surface area (Å²) in [5, 5.41) is 10.4. The SMILES string of the molecule is COc1cc(CN2C[C@@H]3COCC[C@]3(C(=O)O)C2)c(Cl)cc1OC(C)C. The van der Waals surface area contributed by atoms with Crippen LogP contribution in [0.1, 0.15) is 25.8 Å². The van der Waals surface area contributed by atoms with Crippen molar-refractivity contribution >= 4 is 17.6 Å². The van der Waals surface area contributed by atoms with Crippen LogP contribution in [0.15, 0.2) is 12.1 Å². The second-order valence-electron chi connectivity index (χ2n) is 7.41. The van der Waals surface area contributed by atoms with E-state index in [1.807, 2.05) is 19.9 Å². The van der Waals surface area contributed by atoms with Crippen LogP contribution in [-0.4, -0.2) is 55.5 Å². The molecule has 2 aliphatic rings. The molecule has 2 saturated heterocycles. The maximum absolute atomic E-state index is 11.9. The van der Waals surface area contributed by atoms with Crippen LogP contribution in [-0.2, 0) is 16.1 Å². The van der Waals surface area contributed by atoms with E-state index in [4.69, 9.17) is 25.8 Å². The molecule has 2 aliphatic heterocycles. The Morgan fingerprint density at radius 3 is 2.85 bits per heavy atom. The lowest BCUT2D eigenvalue weighted by molar-refractivity contribution is -0.157. The van der Waals surface area contributed by atoms with Crippen molar-refractivity contribution in [1.82, 2.24) is 4.90 Å². The van der Waals surface area contributed by atoms with Crippen LogP contribution in [0.2, 0.25) is 5.02 Å². The largest absolute Gasteiger partial charge is 0.493 e. The van der Waals surface area contributed by atoms with Gasteiger partial charge in [0.2, 0.25) is 0 Å². The van der Waals surface area contributed by atoms with E-state index in [0.717, 1.165) is 5.56 Å².